The van der Waals surface area contributed by atoms with E-state index in [9.17, 15) is 13.5 Å². The van der Waals surface area contributed by atoms with E-state index < -0.39 is 10.0 Å². The first kappa shape index (κ1) is 17.0. The van der Waals surface area contributed by atoms with E-state index in [2.05, 4.69) is 0 Å². The third-order valence-corrected chi connectivity index (χ3v) is 5.70. The molecule has 0 bridgehead atoms. The molecule has 0 saturated carbocycles. The topological polar surface area (TPSA) is 57.6 Å². The standard InChI is InChI=1S/C16H18ClNO3S/c17-15-8-4-5-9-16(15)22(20,21)18(12-13-19)11-10-14-6-2-1-3-7-14/h1-9,19H,10-13H2. The fourth-order valence-corrected chi connectivity index (χ4v) is 4.08. The lowest BCUT2D eigenvalue weighted by Gasteiger charge is -2.22. The first-order valence-corrected chi connectivity index (χ1v) is 8.77. The molecule has 0 aromatic heterocycles. The third-order valence-electron chi connectivity index (χ3n) is 3.30. The van der Waals surface area contributed by atoms with Crippen LogP contribution in [0.3, 0.4) is 0 Å². The molecule has 6 heteroatoms. The van der Waals surface area contributed by atoms with Crippen molar-refractivity contribution < 1.29 is 13.5 Å². The number of rotatable bonds is 7. The monoisotopic (exact) mass is 339 g/mol. The minimum absolute atomic E-state index is 0.0421. The van der Waals surface area contributed by atoms with Gasteiger partial charge in [0.25, 0.3) is 0 Å². The number of benzene rings is 2. The second kappa shape index (κ2) is 7.74. The average molecular weight is 340 g/mol. The number of aliphatic hydroxyl groups is 1. The Hall–Kier alpha value is -1.40. The van der Waals surface area contributed by atoms with Gasteiger partial charge in [-0.2, -0.15) is 4.31 Å². The normalized spacial score (nSPS) is 11.8. The summed E-state index contributed by atoms with van der Waals surface area (Å²) in [5.74, 6) is 0. The molecule has 0 spiro atoms. The Balaban J connectivity index is 2.21. The lowest BCUT2D eigenvalue weighted by molar-refractivity contribution is 0.254. The van der Waals surface area contributed by atoms with Crippen molar-refractivity contribution >= 4 is 21.6 Å². The van der Waals surface area contributed by atoms with Gasteiger partial charge in [0, 0.05) is 13.1 Å². The summed E-state index contributed by atoms with van der Waals surface area (Å²) in [6, 6.07) is 16.0. The molecule has 0 aliphatic rings. The van der Waals surface area contributed by atoms with Gasteiger partial charge < -0.3 is 5.11 Å². The summed E-state index contributed by atoms with van der Waals surface area (Å²) in [5, 5.41) is 9.36. The summed E-state index contributed by atoms with van der Waals surface area (Å²) in [7, 11) is -3.72. The van der Waals surface area contributed by atoms with E-state index in [0.29, 0.717) is 6.42 Å². The zero-order valence-electron chi connectivity index (χ0n) is 12.0. The third kappa shape index (κ3) is 4.08. The van der Waals surface area contributed by atoms with Gasteiger partial charge in [0.2, 0.25) is 10.0 Å². The summed E-state index contributed by atoms with van der Waals surface area (Å²) < 4.78 is 26.7. The molecule has 0 unspecified atom stereocenters. The Morgan fingerprint density at radius 3 is 2.23 bits per heavy atom. The van der Waals surface area contributed by atoms with E-state index in [0.717, 1.165) is 5.56 Å². The summed E-state index contributed by atoms with van der Waals surface area (Å²) in [4.78, 5) is 0.0678. The summed E-state index contributed by atoms with van der Waals surface area (Å²) in [5.41, 5.74) is 1.04. The molecule has 0 saturated heterocycles. The molecule has 0 amide bonds. The zero-order chi connectivity index (χ0) is 16.0. The van der Waals surface area contributed by atoms with Crippen LogP contribution >= 0.6 is 11.6 Å². The Bertz CT molecular complexity index is 704. The highest BCUT2D eigenvalue weighted by atomic mass is 35.5. The van der Waals surface area contributed by atoms with Gasteiger partial charge in [-0.05, 0) is 24.1 Å². The Morgan fingerprint density at radius 1 is 0.955 bits per heavy atom. The van der Waals surface area contributed by atoms with Crippen LogP contribution < -0.4 is 0 Å². The fraction of sp³-hybridized carbons (Fsp3) is 0.250. The SMILES string of the molecule is O=S(=O)(c1ccccc1Cl)N(CCO)CCc1ccccc1. The zero-order valence-corrected chi connectivity index (χ0v) is 13.6. The average Bonchev–Trinajstić information content (AvgIpc) is 2.52. The van der Waals surface area contributed by atoms with Crippen molar-refractivity contribution in [2.75, 3.05) is 19.7 Å². The molecule has 1 N–H and O–H groups in total. The summed E-state index contributed by atoms with van der Waals surface area (Å²) in [6.45, 7) is 0.0942. The predicted molar refractivity (Wildman–Crippen MR) is 87.4 cm³/mol. The Labute approximate surface area is 136 Å². The summed E-state index contributed by atoms with van der Waals surface area (Å²) >= 11 is 6.00. The number of hydrogen-bond acceptors (Lipinski definition) is 3. The van der Waals surface area contributed by atoms with E-state index in [1.54, 1.807) is 18.2 Å². The van der Waals surface area contributed by atoms with Crippen molar-refractivity contribution in [3.63, 3.8) is 0 Å². The molecule has 0 heterocycles. The molecule has 4 nitrogen and oxygen atoms in total. The van der Waals surface area contributed by atoms with Crippen LogP contribution in [-0.2, 0) is 16.4 Å². The molecule has 118 valence electrons. The van der Waals surface area contributed by atoms with Crippen LogP contribution in [-0.4, -0.2) is 37.5 Å². The van der Waals surface area contributed by atoms with Crippen LogP contribution in [0.1, 0.15) is 5.56 Å². The minimum atomic E-state index is -3.72. The van der Waals surface area contributed by atoms with E-state index in [-0.39, 0.29) is 29.6 Å². The molecule has 0 aliphatic carbocycles. The highest BCUT2D eigenvalue weighted by molar-refractivity contribution is 7.89. The van der Waals surface area contributed by atoms with Gasteiger partial charge in [-0.1, -0.05) is 54.1 Å². The van der Waals surface area contributed by atoms with E-state index in [1.807, 2.05) is 30.3 Å². The van der Waals surface area contributed by atoms with Crippen LogP contribution in [0, 0.1) is 0 Å². The fourth-order valence-electron chi connectivity index (χ4n) is 2.16. The lowest BCUT2D eigenvalue weighted by Crippen LogP contribution is -2.35. The van der Waals surface area contributed by atoms with Gasteiger partial charge in [-0.25, -0.2) is 8.42 Å². The number of aliphatic hydroxyl groups excluding tert-OH is 1. The molecular weight excluding hydrogens is 322 g/mol. The Morgan fingerprint density at radius 2 is 1.59 bits per heavy atom. The summed E-state index contributed by atoms with van der Waals surface area (Å²) in [6.07, 6.45) is 0.574. The van der Waals surface area contributed by atoms with Gasteiger partial charge in [0.05, 0.1) is 11.6 Å². The van der Waals surface area contributed by atoms with Crippen molar-refractivity contribution in [1.29, 1.82) is 0 Å². The van der Waals surface area contributed by atoms with Gasteiger partial charge >= 0.3 is 0 Å². The maximum atomic E-state index is 12.7. The van der Waals surface area contributed by atoms with E-state index >= 15 is 0 Å². The van der Waals surface area contributed by atoms with E-state index in [1.165, 1.54) is 10.4 Å². The predicted octanol–water partition coefficient (Wildman–Crippen LogP) is 2.57. The highest BCUT2D eigenvalue weighted by Gasteiger charge is 2.25. The Kier molecular flexibility index (Phi) is 5.97. The molecule has 2 aromatic rings. The molecule has 0 radical (unpaired) electrons. The maximum Gasteiger partial charge on any atom is 0.244 e. The highest BCUT2D eigenvalue weighted by Crippen LogP contribution is 2.24. The molecule has 22 heavy (non-hydrogen) atoms. The minimum Gasteiger partial charge on any atom is -0.395 e. The van der Waals surface area contributed by atoms with Crippen molar-refractivity contribution in [3.05, 3.63) is 65.2 Å². The van der Waals surface area contributed by atoms with E-state index in [4.69, 9.17) is 11.6 Å². The molecule has 0 fully saturated rings. The maximum absolute atomic E-state index is 12.7. The van der Waals surface area contributed by atoms with Crippen LogP contribution in [0.25, 0.3) is 0 Å². The lowest BCUT2D eigenvalue weighted by atomic mass is 10.1. The van der Waals surface area contributed by atoms with Gasteiger partial charge in [-0.15, -0.1) is 0 Å². The van der Waals surface area contributed by atoms with Crippen LogP contribution in [0.5, 0.6) is 0 Å². The van der Waals surface area contributed by atoms with Crippen LogP contribution in [0.4, 0.5) is 0 Å². The second-order valence-electron chi connectivity index (χ2n) is 4.79. The first-order chi connectivity index (χ1) is 10.6. The number of halogens is 1. The van der Waals surface area contributed by atoms with Crippen molar-refractivity contribution in [2.45, 2.75) is 11.3 Å². The number of sulfonamides is 1. The number of nitrogens with zero attached hydrogens (tertiary/aromatic N) is 1. The van der Waals surface area contributed by atoms with Gasteiger partial charge in [0.1, 0.15) is 4.90 Å². The second-order valence-corrected chi connectivity index (χ2v) is 7.11. The first-order valence-electron chi connectivity index (χ1n) is 6.95. The van der Waals surface area contributed by atoms with Crippen molar-refractivity contribution in [3.8, 4) is 0 Å². The largest absolute Gasteiger partial charge is 0.395 e. The molecule has 0 atom stereocenters. The quantitative estimate of drug-likeness (QED) is 0.843. The van der Waals surface area contributed by atoms with Gasteiger partial charge in [-0.3, -0.25) is 0 Å². The molecule has 0 aliphatic heterocycles. The van der Waals surface area contributed by atoms with Crippen LogP contribution in [0.2, 0.25) is 5.02 Å². The smallest absolute Gasteiger partial charge is 0.244 e. The number of hydrogen-bond donors (Lipinski definition) is 1. The molecular formula is C16H18ClNO3S. The van der Waals surface area contributed by atoms with Gasteiger partial charge in [0.15, 0.2) is 0 Å². The van der Waals surface area contributed by atoms with Crippen LogP contribution in [0.15, 0.2) is 59.5 Å². The molecule has 2 rings (SSSR count). The van der Waals surface area contributed by atoms with Crippen molar-refractivity contribution in [2.24, 2.45) is 0 Å². The molecule has 2 aromatic carbocycles. The van der Waals surface area contributed by atoms with Crippen molar-refractivity contribution in [1.82, 2.24) is 4.31 Å².